The number of aryl methyl sites for hydroxylation is 1. The van der Waals surface area contributed by atoms with Crippen LogP contribution in [0, 0.1) is 5.92 Å². The summed E-state index contributed by atoms with van der Waals surface area (Å²) in [7, 11) is -1.79. The maximum absolute atomic E-state index is 13.2. The zero-order valence-electron chi connectivity index (χ0n) is 16.5. The van der Waals surface area contributed by atoms with Crippen LogP contribution in [0.15, 0.2) is 34.5 Å². The van der Waals surface area contributed by atoms with Gasteiger partial charge in [0.15, 0.2) is 9.84 Å². The van der Waals surface area contributed by atoms with E-state index in [9.17, 15) is 18.0 Å². The van der Waals surface area contributed by atoms with Gasteiger partial charge in [0.25, 0.3) is 0 Å². The van der Waals surface area contributed by atoms with Crippen LogP contribution >= 0.6 is 11.3 Å². The fraction of sp³-hybridized carbons (Fsp3) is 0.429. The third kappa shape index (κ3) is 3.71. The summed E-state index contributed by atoms with van der Waals surface area (Å²) in [6.07, 6.45) is 5.48. The number of para-hydroxylation sites is 1. The highest BCUT2D eigenvalue weighted by molar-refractivity contribution is 7.90. The summed E-state index contributed by atoms with van der Waals surface area (Å²) in [5.74, 6) is -1.74. The molecule has 0 radical (unpaired) electrons. The fourth-order valence-corrected chi connectivity index (χ4v) is 6.46. The van der Waals surface area contributed by atoms with E-state index in [4.69, 9.17) is 0 Å². The topological polar surface area (TPSA) is 83.6 Å². The summed E-state index contributed by atoms with van der Waals surface area (Å²) >= 11 is 1.72. The molecule has 0 spiro atoms. The number of thiophene rings is 1. The second kappa shape index (κ2) is 7.57. The maximum atomic E-state index is 13.2. The minimum Gasteiger partial charge on any atom is -0.344 e. The monoisotopic (exact) mass is 432 g/mol. The number of rotatable bonds is 4. The zero-order valence-corrected chi connectivity index (χ0v) is 18.1. The van der Waals surface area contributed by atoms with Gasteiger partial charge in [-0.05, 0) is 54.3 Å². The number of likely N-dealkylation sites (tertiary alicyclic amines) is 1. The van der Waals surface area contributed by atoms with Crippen molar-refractivity contribution in [2.75, 3.05) is 25.2 Å². The number of sulfone groups is 1. The number of hydrogen-bond acceptors (Lipinski definition) is 5. The molecule has 1 fully saturated rings. The molecule has 154 valence electrons. The van der Waals surface area contributed by atoms with Gasteiger partial charge in [-0.15, -0.1) is 11.3 Å². The van der Waals surface area contributed by atoms with Crippen molar-refractivity contribution in [2.45, 2.75) is 36.5 Å². The van der Waals surface area contributed by atoms with Crippen LogP contribution in [-0.4, -0.2) is 45.0 Å². The second-order valence-corrected chi connectivity index (χ2v) is 10.8. The van der Waals surface area contributed by atoms with Crippen molar-refractivity contribution >= 4 is 38.7 Å². The number of amides is 2. The van der Waals surface area contributed by atoms with Gasteiger partial charge in [-0.3, -0.25) is 9.59 Å². The van der Waals surface area contributed by atoms with Gasteiger partial charge in [0, 0.05) is 30.6 Å². The molecular weight excluding hydrogens is 408 g/mol. The third-order valence-electron chi connectivity index (χ3n) is 5.84. The van der Waals surface area contributed by atoms with Gasteiger partial charge in [-0.1, -0.05) is 12.1 Å². The van der Waals surface area contributed by atoms with E-state index < -0.39 is 21.7 Å². The van der Waals surface area contributed by atoms with E-state index in [-0.39, 0.29) is 22.4 Å². The van der Waals surface area contributed by atoms with Crippen molar-refractivity contribution in [1.29, 1.82) is 0 Å². The molecule has 2 heterocycles. The maximum Gasteiger partial charge on any atom is 0.237 e. The van der Waals surface area contributed by atoms with Crippen molar-refractivity contribution in [1.82, 2.24) is 4.90 Å². The van der Waals surface area contributed by atoms with Crippen molar-refractivity contribution < 1.29 is 18.0 Å². The van der Waals surface area contributed by atoms with Gasteiger partial charge in [-0.25, -0.2) is 8.42 Å². The van der Waals surface area contributed by atoms with Crippen LogP contribution in [0.5, 0.6) is 0 Å². The molecule has 1 N–H and O–H groups in total. The van der Waals surface area contributed by atoms with Gasteiger partial charge in [-0.2, -0.15) is 0 Å². The van der Waals surface area contributed by atoms with Crippen LogP contribution in [0.4, 0.5) is 5.69 Å². The molecule has 1 aromatic heterocycles. The lowest BCUT2D eigenvalue weighted by Gasteiger charge is -2.20. The standard InChI is InChI=1S/C21H24N2O4S2/c1-23-11-14(15-12-28-17-9-5-3-7-13(15)17)19(21(23)25)20(24)22-16-8-4-6-10-18(16)29(2,26)27/h4,6,8,10,12,14,19H,3,5,7,9,11H2,1-2H3,(H,22,24)/t14-,19+/m1/s1. The summed E-state index contributed by atoms with van der Waals surface area (Å²) < 4.78 is 24.1. The quantitative estimate of drug-likeness (QED) is 0.753. The SMILES string of the molecule is CN1C[C@H](c2csc3c2CCCC3)[C@@H](C(=O)Nc2ccccc2S(C)(=O)=O)C1=O. The second-order valence-electron chi connectivity index (χ2n) is 7.86. The Hall–Kier alpha value is -2.19. The van der Waals surface area contributed by atoms with Gasteiger partial charge in [0.05, 0.1) is 10.6 Å². The fourth-order valence-electron chi connectivity index (χ4n) is 4.41. The van der Waals surface area contributed by atoms with E-state index in [0.717, 1.165) is 31.1 Å². The Balaban J connectivity index is 1.67. The smallest absolute Gasteiger partial charge is 0.237 e. The lowest BCUT2D eigenvalue weighted by atomic mass is 9.84. The number of carbonyl (C=O) groups is 2. The summed E-state index contributed by atoms with van der Waals surface area (Å²) in [5.41, 5.74) is 2.64. The molecule has 1 aliphatic heterocycles. The first kappa shape index (κ1) is 20.1. The van der Waals surface area contributed by atoms with Gasteiger partial charge >= 0.3 is 0 Å². The van der Waals surface area contributed by atoms with Gasteiger partial charge < -0.3 is 10.2 Å². The number of hydrogen-bond donors (Lipinski definition) is 1. The van der Waals surface area contributed by atoms with E-state index in [0.29, 0.717) is 6.54 Å². The van der Waals surface area contributed by atoms with Gasteiger partial charge in [0.1, 0.15) is 5.92 Å². The van der Waals surface area contributed by atoms with Crippen molar-refractivity contribution in [3.8, 4) is 0 Å². The minimum atomic E-state index is -3.50. The average Bonchev–Trinajstić information content (AvgIpc) is 3.22. The number of benzene rings is 1. The number of carbonyl (C=O) groups excluding carboxylic acids is 2. The molecular formula is C21H24N2O4S2. The molecule has 0 saturated carbocycles. The molecule has 2 atom stereocenters. The molecule has 1 aliphatic carbocycles. The molecule has 1 saturated heterocycles. The molecule has 2 amide bonds. The van der Waals surface area contributed by atoms with Crippen LogP contribution in [0.3, 0.4) is 0 Å². The zero-order chi connectivity index (χ0) is 20.8. The summed E-state index contributed by atoms with van der Waals surface area (Å²) in [5, 5.41) is 4.83. The molecule has 0 unspecified atom stereocenters. The number of nitrogens with one attached hydrogen (secondary N) is 1. The lowest BCUT2D eigenvalue weighted by Crippen LogP contribution is -2.33. The van der Waals surface area contributed by atoms with E-state index in [1.807, 2.05) is 0 Å². The first-order valence-corrected chi connectivity index (χ1v) is 12.5. The highest BCUT2D eigenvalue weighted by Gasteiger charge is 2.45. The molecule has 29 heavy (non-hydrogen) atoms. The summed E-state index contributed by atoms with van der Waals surface area (Å²) in [6.45, 7) is 0.494. The number of likely N-dealkylation sites (N-methyl/N-ethyl adjacent to an activating group) is 1. The third-order valence-corrected chi connectivity index (χ3v) is 8.10. The molecule has 2 aromatic rings. The van der Waals surface area contributed by atoms with Crippen LogP contribution in [0.25, 0.3) is 0 Å². The molecule has 6 nitrogen and oxygen atoms in total. The molecule has 4 rings (SSSR count). The van der Waals surface area contributed by atoms with Crippen molar-refractivity contribution in [3.63, 3.8) is 0 Å². The van der Waals surface area contributed by atoms with E-state index >= 15 is 0 Å². The van der Waals surface area contributed by atoms with Crippen LogP contribution < -0.4 is 5.32 Å². The predicted molar refractivity (Wildman–Crippen MR) is 113 cm³/mol. The normalized spacial score (nSPS) is 21.9. The van der Waals surface area contributed by atoms with Crippen molar-refractivity contribution in [3.05, 3.63) is 45.6 Å². The average molecular weight is 433 g/mol. The van der Waals surface area contributed by atoms with E-state index in [1.54, 1.807) is 41.5 Å². The van der Waals surface area contributed by atoms with Crippen LogP contribution in [0.2, 0.25) is 0 Å². The predicted octanol–water partition coefficient (Wildman–Crippen LogP) is 2.84. The molecule has 2 aliphatic rings. The largest absolute Gasteiger partial charge is 0.344 e. The van der Waals surface area contributed by atoms with Gasteiger partial charge in [0.2, 0.25) is 11.8 Å². The Morgan fingerprint density at radius 2 is 1.93 bits per heavy atom. The van der Waals surface area contributed by atoms with Crippen LogP contribution in [0.1, 0.15) is 34.8 Å². The first-order valence-electron chi connectivity index (χ1n) is 9.71. The van der Waals surface area contributed by atoms with E-state index in [2.05, 4.69) is 10.7 Å². The van der Waals surface area contributed by atoms with Crippen molar-refractivity contribution in [2.24, 2.45) is 5.92 Å². The summed E-state index contributed by atoms with van der Waals surface area (Å²) in [6, 6.07) is 6.29. The Morgan fingerprint density at radius 3 is 2.69 bits per heavy atom. The number of fused-ring (bicyclic) bond motifs is 1. The first-order chi connectivity index (χ1) is 13.8. The molecule has 1 aromatic carbocycles. The van der Waals surface area contributed by atoms with E-state index in [1.165, 1.54) is 22.9 Å². The Kier molecular flexibility index (Phi) is 5.25. The number of anilines is 1. The Bertz CT molecular complexity index is 1070. The Morgan fingerprint density at radius 1 is 1.21 bits per heavy atom. The molecule has 0 bridgehead atoms. The Labute approximate surface area is 174 Å². The lowest BCUT2D eigenvalue weighted by molar-refractivity contribution is -0.135. The molecule has 8 heteroatoms. The highest BCUT2D eigenvalue weighted by atomic mass is 32.2. The minimum absolute atomic E-state index is 0.0524. The highest BCUT2D eigenvalue weighted by Crippen LogP contribution is 2.41. The van der Waals surface area contributed by atoms with Crippen LogP contribution in [-0.2, 0) is 32.3 Å². The summed E-state index contributed by atoms with van der Waals surface area (Å²) in [4.78, 5) is 29.0. The number of nitrogens with zero attached hydrogens (tertiary/aromatic N) is 1.